The van der Waals surface area contributed by atoms with Crippen molar-refractivity contribution in [2.75, 3.05) is 0 Å². The molecule has 0 saturated carbocycles. The van der Waals surface area contributed by atoms with Crippen molar-refractivity contribution in [2.45, 2.75) is 32.9 Å². The summed E-state index contributed by atoms with van der Waals surface area (Å²) < 4.78 is 6.94. The van der Waals surface area contributed by atoms with Gasteiger partial charge in [0.15, 0.2) is 5.76 Å². The lowest BCUT2D eigenvalue weighted by Gasteiger charge is -2.18. The average Bonchev–Trinajstić information content (AvgIpc) is 2.75. The van der Waals surface area contributed by atoms with E-state index in [0.29, 0.717) is 6.54 Å². The van der Waals surface area contributed by atoms with E-state index in [9.17, 15) is 0 Å². The van der Waals surface area contributed by atoms with Gasteiger partial charge in [0.25, 0.3) is 0 Å². The molecule has 2 rings (SSSR count). The molecule has 18 heavy (non-hydrogen) atoms. The Hall–Kier alpha value is -0.880. The molecule has 0 aliphatic heterocycles. The summed E-state index contributed by atoms with van der Waals surface area (Å²) in [5.41, 5.74) is 1.16. The van der Waals surface area contributed by atoms with E-state index >= 15 is 0 Å². The number of hydrogen-bond acceptors (Lipinski definition) is 3. The smallest absolute Gasteiger partial charge is 0.208 e. The standard InChI is InChI=1S/C14H17IN2O/c1-14(2,3)17-9-13-16-8-12(18-13)10-6-4-5-7-11(10)15/h4-8,17H,9H2,1-3H3. The third-order valence-corrected chi connectivity index (χ3v) is 3.40. The number of aromatic nitrogens is 1. The van der Waals surface area contributed by atoms with Gasteiger partial charge in [-0.2, -0.15) is 0 Å². The van der Waals surface area contributed by atoms with Crippen molar-refractivity contribution in [3.63, 3.8) is 0 Å². The van der Waals surface area contributed by atoms with E-state index in [1.165, 1.54) is 3.57 Å². The topological polar surface area (TPSA) is 38.1 Å². The Labute approximate surface area is 121 Å². The predicted molar refractivity (Wildman–Crippen MR) is 81.2 cm³/mol. The van der Waals surface area contributed by atoms with E-state index < -0.39 is 0 Å². The van der Waals surface area contributed by atoms with E-state index in [1.807, 2.05) is 18.2 Å². The zero-order chi connectivity index (χ0) is 13.2. The van der Waals surface area contributed by atoms with E-state index in [4.69, 9.17) is 4.42 Å². The zero-order valence-corrected chi connectivity index (χ0v) is 13.0. The second kappa shape index (κ2) is 5.40. The first-order valence-corrected chi connectivity index (χ1v) is 6.98. The van der Waals surface area contributed by atoms with Crippen molar-refractivity contribution in [2.24, 2.45) is 0 Å². The maximum absolute atomic E-state index is 5.77. The van der Waals surface area contributed by atoms with E-state index in [0.717, 1.165) is 17.2 Å². The molecule has 0 spiro atoms. The Kier molecular flexibility index (Phi) is 4.07. The second-order valence-electron chi connectivity index (χ2n) is 5.20. The molecule has 0 amide bonds. The summed E-state index contributed by atoms with van der Waals surface area (Å²) in [6.45, 7) is 7.01. The number of halogens is 1. The maximum Gasteiger partial charge on any atom is 0.208 e. The summed E-state index contributed by atoms with van der Waals surface area (Å²) >= 11 is 2.30. The van der Waals surface area contributed by atoms with Gasteiger partial charge >= 0.3 is 0 Å². The fourth-order valence-electron chi connectivity index (χ4n) is 1.52. The molecule has 0 aliphatic rings. The Morgan fingerprint density at radius 1 is 1.28 bits per heavy atom. The number of oxazole rings is 1. The summed E-state index contributed by atoms with van der Waals surface area (Å²) in [6, 6.07) is 8.13. The maximum atomic E-state index is 5.77. The van der Waals surface area contributed by atoms with Gasteiger partial charge in [0, 0.05) is 14.7 Å². The molecule has 0 atom stereocenters. The van der Waals surface area contributed by atoms with Gasteiger partial charge in [-0.3, -0.25) is 0 Å². The molecule has 4 heteroatoms. The highest BCUT2D eigenvalue weighted by molar-refractivity contribution is 14.1. The van der Waals surface area contributed by atoms with Gasteiger partial charge in [-0.25, -0.2) is 4.98 Å². The fourth-order valence-corrected chi connectivity index (χ4v) is 2.17. The normalized spacial score (nSPS) is 11.8. The van der Waals surface area contributed by atoms with Crippen LogP contribution in [0.3, 0.4) is 0 Å². The van der Waals surface area contributed by atoms with Crippen LogP contribution in [0.25, 0.3) is 11.3 Å². The van der Waals surface area contributed by atoms with Crippen LogP contribution in [-0.2, 0) is 6.54 Å². The number of nitrogens with zero attached hydrogens (tertiary/aromatic N) is 1. The lowest BCUT2D eigenvalue weighted by molar-refractivity contribution is 0.383. The first kappa shape index (κ1) is 13.5. The molecule has 0 radical (unpaired) electrons. The van der Waals surface area contributed by atoms with Gasteiger partial charge in [-0.05, 0) is 49.4 Å². The van der Waals surface area contributed by atoms with Crippen LogP contribution in [0.15, 0.2) is 34.9 Å². The van der Waals surface area contributed by atoms with Crippen LogP contribution in [0.4, 0.5) is 0 Å². The quantitative estimate of drug-likeness (QED) is 0.850. The summed E-state index contributed by atoms with van der Waals surface area (Å²) in [5, 5.41) is 3.36. The first-order valence-electron chi connectivity index (χ1n) is 5.90. The Morgan fingerprint density at radius 3 is 2.67 bits per heavy atom. The number of nitrogens with one attached hydrogen (secondary N) is 1. The van der Waals surface area contributed by atoms with Gasteiger partial charge in [0.05, 0.1) is 12.7 Å². The Morgan fingerprint density at radius 2 is 2.00 bits per heavy atom. The fraction of sp³-hybridized carbons (Fsp3) is 0.357. The molecule has 1 heterocycles. The van der Waals surface area contributed by atoms with Crippen LogP contribution < -0.4 is 5.32 Å². The van der Waals surface area contributed by atoms with Crippen LogP contribution in [-0.4, -0.2) is 10.5 Å². The highest BCUT2D eigenvalue weighted by Gasteiger charge is 2.12. The lowest BCUT2D eigenvalue weighted by atomic mass is 10.1. The monoisotopic (exact) mass is 356 g/mol. The third kappa shape index (κ3) is 3.55. The molecule has 1 N–H and O–H groups in total. The van der Waals surface area contributed by atoms with Crippen LogP contribution in [0.1, 0.15) is 26.7 Å². The van der Waals surface area contributed by atoms with Gasteiger partial charge in [-0.15, -0.1) is 0 Å². The first-order chi connectivity index (χ1) is 8.46. The Bertz CT molecular complexity index is 529. The minimum atomic E-state index is 0.0653. The third-order valence-electron chi connectivity index (χ3n) is 2.46. The van der Waals surface area contributed by atoms with Gasteiger partial charge in [0.2, 0.25) is 5.89 Å². The highest BCUT2D eigenvalue weighted by atomic mass is 127. The van der Waals surface area contributed by atoms with Crippen molar-refractivity contribution < 1.29 is 4.42 Å². The van der Waals surface area contributed by atoms with Gasteiger partial charge in [-0.1, -0.05) is 18.2 Å². The molecule has 0 saturated heterocycles. The molecule has 1 aromatic heterocycles. The van der Waals surface area contributed by atoms with E-state index in [-0.39, 0.29) is 5.54 Å². The zero-order valence-electron chi connectivity index (χ0n) is 10.8. The molecule has 3 nitrogen and oxygen atoms in total. The van der Waals surface area contributed by atoms with Crippen LogP contribution >= 0.6 is 22.6 Å². The number of benzene rings is 1. The predicted octanol–water partition coefficient (Wildman–Crippen LogP) is 3.83. The van der Waals surface area contributed by atoms with Gasteiger partial charge in [0.1, 0.15) is 0 Å². The average molecular weight is 356 g/mol. The summed E-state index contributed by atoms with van der Waals surface area (Å²) in [4.78, 5) is 4.30. The number of rotatable bonds is 3. The Balaban J connectivity index is 2.14. The van der Waals surface area contributed by atoms with Crippen molar-refractivity contribution in [3.05, 3.63) is 39.9 Å². The van der Waals surface area contributed by atoms with Crippen molar-refractivity contribution >= 4 is 22.6 Å². The molecular weight excluding hydrogens is 339 g/mol. The molecular formula is C14H17IN2O. The molecule has 0 fully saturated rings. The van der Waals surface area contributed by atoms with Crippen LogP contribution in [0.5, 0.6) is 0 Å². The van der Waals surface area contributed by atoms with Gasteiger partial charge < -0.3 is 9.73 Å². The highest BCUT2D eigenvalue weighted by Crippen LogP contribution is 2.25. The van der Waals surface area contributed by atoms with Crippen molar-refractivity contribution in [1.82, 2.24) is 10.3 Å². The van der Waals surface area contributed by atoms with Crippen molar-refractivity contribution in [1.29, 1.82) is 0 Å². The largest absolute Gasteiger partial charge is 0.439 e. The van der Waals surface area contributed by atoms with Crippen LogP contribution in [0, 0.1) is 3.57 Å². The van der Waals surface area contributed by atoms with Crippen LogP contribution in [0.2, 0.25) is 0 Å². The van der Waals surface area contributed by atoms with E-state index in [2.05, 4.69) is 59.7 Å². The molecule has 2 aromatic rings. The number of hydrogen-bond donors (Lipinski definition) is 1. The minimum Gasteiger partial charge on any atom is -0.439 e. The lowest BCUT2D eigenvalue weighted by Crippen LogP contribution is -2.35. The summed E-state index contributed by atoms with van der Waals surface area (Å²) in [5.74, 6) is 1.55. The minimum absolute atomic E-state index is 0.0653. The van der Waals surface area contributed by atoms with Crippen molar-refractivity contribution in [3.8, 4) is 11.3 Å². The molecule has 0 unspecified atom stereocenters. The second-order valence-corrected chi connectivity index (χ2v) is 6.36. The molecule has 1 aromatic carbocycles. The molecule has 96 valence electrons. The summed E-state index contributed by atoms with van der Waals surface area (Å²) in [6.07, 6.45) is 1.79. The van der Waals surface area contributed by atoms with E-state index in [1.54, 1.807) is 6.20 Å². The molecule has 0 aliphatic carbocycles. The summed E-state index contributed by atoms with van der Waals surface area (Å²) in [7, 11) is 0. The SMILES string of the molecule is CC(C)(C)NCc1ncc(-c2ccccc2I)o1. The molecule has 0 bridgehead atoms.